The van der Waals surface area contributed by atoms with E-state index in [4.69, 9.17) is 22.7 Å². The second kappa shape index (κ2) is 5.22. The first kappa shape index (κ1) is 13.6. The summed E-state index contributed by atoms with van der Waals surface area (Å²) in [6, 6.07) is 2.67. The van der Waals surface area contributed by atoms with Gasteiger partial charge < -0.3 is 10.6 Å². The maximum atomic E-state index is 7.59. The number of hydrogen-bond donors (Lipinski definition) is 2. The number of nitrogens with zero attached hydrogens (tertiary/aromatic N) is 3. The molecule has 0 aliphatic carbocycles. The quantitative estimate of drug-likeness (QED) is 0.643. The highest BCUT2D eigenvalue weighted by Gasteiger charge is 2.35. The molecular weight excluding hydrogens is 274 g/mol. The van der Waals surface area contributed by atoms with Gasteiger partial charge in [0, 0.05) is 36.9 Å². The fourth-order valence-corrected chi connectivity index (χ4v) is 3.65. The smallest absolute Gasteiger partial charge is 0.148 e. The molecule has 2 atom stereocenters. The lowest BCUT2D eigenvalue weighted by Gasteiger charge is -2.43. The molecule has 3 rings (SSSR count). The molecule has 0 aromatic carbocycles. The lowest BCUT2D eigenvalue weighted by Crippen LogP contribution is -2.55. The number of nitrogens with one attached hydrogen (secondary N) is 1. The zero-order valence-corrected chi connectivity index (χ0v) is 12.4. The van der Waals surface area contributed by atoms with E-state index < -0.39 is 0 Å². The van der Waals surface area contributed by atoms with Crippen molar-refractivity contribution in [2.45, 2.75) is 31.8 Å². The van der Waals surface area contributed by atoms with Crippen LogP contribution < -0.4 is 10.6 Å². The Hall–Kier alpha value is -1.33. The summed E-state index contributed by atoms with van der Waals surface area (Å²) in [5.41, 5.74) is 6.14. The number of nitrogen functional groups attached to an aromatic ring is 1. The van der Waals surface area contributed by atoms with Gasteiger partial charge in [0.1, 0.15) is 11.7 Å². The molecule has 5 nitrogen and oxygen atoms in total. The minimum Gasteiger partial charge on any atom is -0.384 e. The van der Waals surface area contributed by atoms with Gasteiger partial charge in [-0.3, -0.25) is 10.3 Å². The highest BCUT2D eigenvalue weighted by molar-refractivity contribution is 6.36. The predicted molar refractivity (Wildman–Crippen MR) is 81.7 cm³/mol. The first-order chi connectivity index (χ1) is 9.58. The normalized spacial score (nSPS) is 26.6. The summed E-state index contributed by atoms with van der Waals surface area (Å²) in [6.45, 7) is 5.41. The van der Waals surface area contributed by atoms with Crippen LogP contribution in [0.15, 0.2) is 12.3 Å². The second-order valence-corrected chi connectivity index (χ2v) is 6.08. The van der Waals surface area contributed by atoms with Crippen molar-refractivity contribution in [2.24, 2.45) is 5.73 Å². The van der Waals surface area contributed by atoms with Gasteiger partial charge in [0.25, 0.3) is 0 Å². The van der Waals surface area contributed by atoms with Crippen molar-refractivity contribution in [2.75, 3.05) is 24.5 Å². The molecule has 0 radical (unpaired) electrons. The van der Waals surface area contributed by atoms with Gasteiger partial charge in [0.15, 0.2) is 0 Å². The molecule has 3 N–H and O–H groups in total. The highest BCUT2D eigenvalue weighted by Crippen LogP contribution is 2.32. The number of halogens is 1. The van der Waals surface area contributed by atoms with Crippen LogP contribution in [0.25, 0.3) is 0 Å². The van der Waals surface area contributed by atoms with Crippen molar-refractivity contribution < 1.29 is 0 Å². The molecule has 108 valence electrons. The fraction of sp³-hybridized carbons (Fsp3) is 0.571. The summed E-state index contributed by atoms with van der Waals surface area (Å²) in [7, 11) is 0. The van der Waals surface area contributed by atoms with Crippen molar-refractivity contribution in [1.82, 2.24) is 9.88 Å². The van der Waals surface area contributed by atoms with E-state index in [9.17, 15) is 0 Å². The molecule has 2 aliphatic heterocycles. The van der Waals surface area contributed by atoms with E-state index in [0.29, 0.717) is 22.7 Å². The van der Waals surface area contributed by atoms with E-state index >= 15 is 0 Å². The van der Waals surface area contributed by atoms with Crippen LogP contribution in [-0.4, -0.2) is 47.4 Å². The Bertz CT molecular complexity index is 532. The van der Waals surface area contributed by atoms with Crippen LogP contribution in [-0.2, 0) is 0 Å². The predicted octanol–water partition coefficient (Wildman–Crippen LogP) is 1.69. The molecular formula is C14H20ClN5. The van der Waals surface area contributed by atoms with Gasteiger partial charge in [-0.15, -0.1) is 0 Å². The van der Waals surface area contributed by atoms with Gasteiger partial charge >= 0.3 is 0 Å². The number of piperazine rings is 1. The molecule has 2 unspecified atom stereocenters. The number of fused-ring (bicyclic) bond motifs is 1. The van der Waals surface area contributed by atoms with Gasteiger partial charge in [-0.1, -0.05) is 11.6 Å². The molecule has 0 spiro atoms. The number of amidine groups is 1. The fourth-order valence-electron chi connectivity index (χ4n) is 3.32. The molecule has 0 amide bonds. The zero-order valence-electron chi connectivity index (χ0n) is 11.6. The summed E-state index contributed by atoms with van der Waals surface area (Å²) in [4.78, 5) is 9.26. The Morgan fingerprint density at radius 1 is 1.50 bits per heavy atom. The molecule has 0 bridgehead atoms. The van der Waals surface area contributed by atoms with E-state index in [-0.39, 0.29) is 5.84 Å². The van der Waals surface area contributed by atoms with Crippen LogP contribution in [0.4, 0.5) is 5.82 Å². The van der Waals surface area contributed by atoms with Gasteiger partial charge in [-0.2, -0.15) is 0 Å². The first-order valence-corrected chi connectivity index (χ1v) is 7.45. The maximum absolute atomic E-state index is 7.59. The number of pyridine rings is 1. The van der Waals surface area contributed by atoms with Crippen molar-refractivity contribution in [3.05, 3.63) is 22.8 Å². The molecule has 3 heterocycles. The topological polar surface area (TPSA) is 69.2 Å². The molecule has 1 aromatic rings. The van der Waals surface area contributed by atoms with Crippen LogP contribution in [0, 0.1) is 5.41 Å². The first-order valence-electron chi connectivity index (χ1n) is 7.07. The molecule has 6 heteroatoms. The Morgan fingerprint density at radius 3 is 3.05 bits per heavy atom. The Morgan fingerprint density at radius 2 is 2.30 bits per heavy atom. The highest BCUT2D eigenvalue weighted by atomic mass is 35.5. The molecule has 20 heavy (non-hydrogen) atoms. The minimum atomic E-state index is -0.00851. The molecule has 2 aliphatic rings. The lowest BCUT2D eigenvalue weighted by atomic mass is 10.1. The van der Waals surface area contributed by atoms with Crippen molar-refractivity contribution in [3.8, 4) is 0 Å². The average Bonchev–Trinajstić information content (AvgIpc) is 2.85. The van der Waals surface area contributed by atoms with Gasteiger partial charge in [0.2, 0.25) is 0 Å². The van der Waals surface area contributed by atoms with Crippen LogP contribution >= 0.6 is 11.6 Å². The summed E-state index contributed by atoms with van der Waals surface area (Å²) in [6.07, 6.45) is 4.21. The van der Waals surface area contributed by atoms with Crippen LogP contribution in [0.3, 0.4) is 0 Å². The van der Waals surface area contributed by atoms with Gasteiger partial charge in [-0.05, 0) is 32.4 Å². The summed E-state index contributed by atoms with van der Waals surface area (Å²) in [5, 5.41) is 8.09. The third kappa shape index (κ3) is 2.25. The van der Waals surface area contributed by atoms with Crippen molar-refractivity contribution in [1.29, 1.82) is 5.41 Å². The van der Waals surface area contributed by atoms with Crippen LogP contribution in [0.1, 0.15) is 25.3 Å². The third-order valence-electron chi connectivity index (χ3n) is 4.37. The zero-order chi connectivity index (χ0) is 14.3. The van der Waals surface area contributed by atoms with E-state index in [1.807, 2.05) is 0 Å². The van der Waals surface area contributed by atoms with E-state index in [1.165, 1.54) is 19.4 Å². The number of aromatic nitrogens is 1. The summed E-state index contributed by atoms with van der Waals surface area (Å²) in [5.74, 6) is 0.754. The SMILES string of the molecule is CC1CN2CCCC2CN1c1nccc(C(=N)N)c1Cl. The van der Waals surface area contributed by atoms with Gasteiger partial charge in [0.05, 0.1) is 5.02 Å². The Kier molecular flexibility index (Phi) is 3.56. The number of anilines is 1. The minimum absolute atomic E-state index is 0.00851. The molecule has 2 fully saturated rings. The second-order valence-electron chi connectivity index (χ2n) is 5.70. The standard InChI is InChI=1S/C14H20ClN5/c1-9-7-19-6-2-3-10(19)8-20(9)14-12(15)11(13(16)17)4-5-18-14/h4-5,9-10H,2-3,6-8H2,1H3,(H3,16,17). The maximum Gasteiger partial charge on any atom is 0.148 e. The number of nitrogens with two attached hydrogens (primary N) is 1. The molecule has 1 aromatic heterocycles. The monoisotopic (exact) mass is 293 g/mol. The Balaban J connectivity index is 1.92. The number of rotatable bonds is 2. The van der Waals surface area contributed by atoms with E-state index in [0.717, 1.165) is 18.9 Å². The van der Waals surface area contributed by atoms with E-state index in [2.05, 4.69) is 21.7 Å². The van der Waals surface area contributed by atoms with Crippen LogP contribution in [0.5, 0.6) is 0 Å². The third-order valence-corrected chi connectivity index (χ3v) is 4.74. The van der Waals surface area contributed by atoms with Gasteiger partial charge in [-0.25, -0.2) is 4.98 Å². The Labute approximate surface area is 124 Å². The van der Waals surface area contributed by atoms with E-state index in [1.54, 1.807) is 12.3 Å². The summed E-state index contributed by atoms with van der Waals surface area (Å²) < 4.78 is 0. The largest absolute Gasteiger partial charge is 0.384 e. The number of hydrogen-bond acceptors (Lipinski definition) is 4. The molecule has 0 saturated carbocycles. The summed E-state index contributed by atoms with van der Waals surface area (Å²) >= 11 is 6.41. The van der Waals surface area contributed by atoms with Crippen LogP contribution in [0.2, 0.25) is 5.02 Å². The van der Waals surface area contributed by atoms with Crippen molar-refractivity contribution in [3.63, 3.8) is 0 Å². The average molecular weight is 294 g/mol. The lowest BCUT2D eigenvalue weighted by molar-refractivity contribution is 0.202. The van der Waals surface area contributed by atoms with Crippen molar-refractivity contribution >= 4 is 23.3 Å². The molecule has 2 saturated heterocycles.